The van der Waals surface area contributed by atoms with Gasteiger partial charge in [-0.25, -0.2) is 0 Å². The summed E-state index contributed by atoms with van der Waals surface area (Å²) in [5.41, 5.74) is -1.52. The number of nitrogens with one attached hydrogen (secondary N) is 3. The van der Waals surface area contributed by atoms with E-state index in [1.807, 2.05) is 0 Å². The zero-order valence-electron chi connectivity index (χ0n) is 13.4. The average molecular weight is 412 g/mol. The van der Waals surface area contributed by atoms with Gasteiger partial charge in [-0.3, -0.25) is 29.6 Å². The Hall–Kier alpha value is -2.63. The maximum atomic E-state index is 11.8. The molecule has 0 aliphatic rings. The van der Waals surface area contributed by atoms with Gasteiger partial charge < -0.3 is 19.8 Å². The molecule has 27 heavy (non-hydrogen) atoms. The van der Waals surface area contributed by atoms with Crippen LogP contribution in [-0.2, 0) is 11.1 Å². The van der Waals surface area contributed by atoms with Crippen molar-refractivity contribution in [2.24, 2.45) is 0 Å². The molecule has 142 valence electrons. The number of non-ortho nitro benzene ring substituents is 1. The second-order valence-electron chi connectivity index (χ2n) is 5.62. The highest BCUT2D eigenvalue weighted by atomic mass is 32.1. The highest BCUT2D eigenvalue weighted by Gasteiger charge is 2.30. The summed E-state index contributed by atoms with van der Waals surface area (Å²) in [7, 11) is -4.58. The number of rotatable bonds is 6. The highest BCUT2D eigenvalue weighted by molar-refractivity contribution is 7.52. The Bertz CT molecular complexity index is 1160. The number of aromatic nitrogens is 2. The molecule has 0 aliphatic heterocycles. The zero-order valence-corrected chi connectivity index (χ0v) is 15.1. The lowest BCUT2D eigenvalue weighted by Crippen LogP contribution is -2.29. The van der Waals surface area contributed by atoms with Gasteiger partial charge in [0, 0.05) is 18.7 Å². The molecule has 13 heteroatoms. The number of thiophene rings is 1. The first-order chi connectivity index (χ1) is 12.7. The standard InChI is InChI=1S/C14H13N4O7PS/c19-12-13(20)17-11-8(3-9(18(21)22)4-10(11)16-12)5-15-14(26(23,24)25)7-1-2-27-6-7/h1-4,6,14-15H,5H2,(H,16,19)(H,17,20)(H2,23,24,25). The van der Waals surface area contributed by atoms with Crippen LogP contribution in [-0.4, -0.2) is 24.7 Å². The van der Waals surface area contributed by atoms with Crippen LogP contribution < -0.4 is 16.4 Å². The van der Waals surface area contributed by atoms with E-state index in [0.717, 1.165) is 12.1 Å². The number of hydrogen-bond acceptors (Lipinski definition) is 7. The van der Waals surface area contributed by atoms with Crippen molar-refractivity contribution in [2.45, 2.75) is 12.3 Å². The fourth-order valence-electron chi connectivity index (χ4n) is 2.59. The minimum Gasteiger partial charge on any atom is -0.323 e. The number of fused-ring (bicyclic) bond motifs is 1. The van der Waals surface area contributed by atoms with Gasteiger partial charge in [0.25, 0.3) is 5.69 Å². The second kappa shape index (κ2) is 7.18. The van der Waals surface area contributed by atoms with Gasteiger partial charge in [0.05, 0.1) is 16.0 Å². The third-order valence-corrected chi connectivity index (χ3v) is 5.64. The van der Waals surface area contributed by atoms with E-state index in [9.17, 15) is 34.1 Å². The van der Waals surface area contributed by atoms with Gasteiger partial charge in [-0.2, -0.15) is 11.3 Å². The molecule has 0 fully saturated rings. The van der Waals surface area contributed by atoms with Crippen LogP contribution in [0.3, 0.4) is 0 Å². The molecule has 1 atom stereocenters. The quantitative estimate of drug-likeness (QED) is 0.173. The first-order valence-corrected chi connectivity index (χ1v) is 10.0. The lowest BCUT2D eigenvalue weighted by molar-refractivity contribution is -0.384. The summed E-state index contributed by atoms with van der Waals surface area (Å²) in [6.45, 7) is -0.203. The van der Waals surface area contributed by atoms with E-state index in [4.69, 9.17) is 0 Å². The smallest absolute Gasteiger partial charge is 0.323 e. The summed E-state index contributed by atoms with van der Waals surface area (Å²) >= 11 is 1.26. The van der Waals surface area contributed by atoms with Crippen molar-refractivity contribution < 1.29 is 19.3 Å². The number of aromatic amines is 2. The van der Waals surface area contributed by atoms with Crippen LogP contribution in [0.4, 0.5) is 5.69 Å². The molecule has 2 aromatic heterocycles. The van der Waals surface area contributed by atoms with Crippen LogP contribution in [0.1, 0.15) is 16.9 Å². The maximum Gasteiger partial charge on any atom is 0.346 e. The van der Waals surface area contributed by atoms with Crippen molar-refractivity contribution in [1.82, 2.24) is 15.3 Å². The Labute approximate surface area is 154 Å². The van der Waals surface area contributed by atoms with Crippen LogP contribution in [0, 0.1) is 10.1 Å². The third-order valence-electron chi connectivity index (χ3n) is 3.79. The predicted molar refractivity (Wildman–Crippen MR) is 97.8 cm³/mol. The number of nitro benzene ring substituents is 1. The number of H-pyrrole nitrogens is 2. The predicted octanol–water partition coefficient (Wildman–Crippen LogP) is 1.15. The van der Waals surface area contributed by atoms with Gasteiger partial charge in [-0.15, -0.1) is 0 Å². The number of benzene rings is 1. The zero-order chi connectivity index (χ0) is 19.8. The molecule has 0 saturated carbocycles. The lowest BCUT2D eigenvalue weighted by atomic mass is 10.1. The van der Waals surface area contributed by atoms with E-state index in [-0.39, 0.29) is 28.8 Å². The molecule has 0 bridgehead atoms. The van der Waals surface area contributed by atoms with Crippen LogP contribution in [0.5, 0.6) is 0 Å². The van der Waals surface area contributed by atoms with Crippen LogP contribution >= 0.6 is 18.9 Å². The summed E-state index contributed by atoms with van der Waals surface area (Å²) in [6, 6.07) is 3.80. The molecule has 1 aromatic carbocycles. The summed E-state index contributed by atoms with van der Waals surface area (Å²) in [6.07, 6.45) is 0. The average Bonchev–Trinajstić information content (AvgIpc) is 3.09. The van der Waals surface area contributed by atoms with Gasteiger partial charge in [0.1, 0.15) is 5.78 Å². The van der Waals surface area contributed by atoms with Gasteiger partial charge >= 0.3 is 18.7 Å². The van der Waals surface area contributed by atoms with Crippen molar-refractivity contribution in [1.29, 1.82) is 0 Å². The van der Waals surface area contributed by atoms with E-state index in [0.29, 0.717) is 5.56 Å². The number of nitrogens with zero attached hydrogens (tertiary/aromatic N) is 1. The van der Waals surface area contributed by atoms with E-state index < -0.39 is 29.4 Å². The molecule has 0 amide bonds. The molecule has 11 nitrogen and oxygen atoms in total. The van der Waals surface area contributed by atoms with E-state index in [2.05, 4.69) is 15.3 Å². The van der Waals surface area contributed by atoms with E-state index >= 15 is 0 Å². The fraction of sp³-hybridized carbons (Fsp3) is 0.143. The summed E-state index contributed by atoms with van der Waals surface area (Å²) in [5.74, 6) is -1.33. The van der Waals surface area contributed by atoms with Gasteiger partial charge in [-0.05, 0) is 28.0 Å². The molecular weight excluding hydrogens is 399 g/mol. The van der Waals surface area contributed by atoms with Gasteiger partial charge in [0.2, 0.25) is 0 Å². The maximum absolute atomic E-state index is 11.8. The lowest BCUT2D eigenvalue weighted by Gasteiger charge is -2.19. The molecule has 0 radical (unpaired) electrons. The molecule has 0 spiro atoms. The Morgan fingerprint density at radius 3 is 2.56 bits per heavy atom. The van der Waals surface area contributed by atoms with E-state index in [1.165, 1.54) is 11.3 Å². The van der Waals surface area contributed by atoms with Crippen molar-refractivity contribution in [3.05, 3.63) is 70.9 Å². The first-order valence-electron chi connectivity index (χ1n) is 7.41. The monoisotopic (exact) mass is 412 g/mol. The van der Waals surface area contributed by atoms with Crippen LogP contribution in [0.15, 0.2) is 38.5 Å². The molecule has 3 aromatic rings. The molecule has 0 saturated heterocycles. The summed E-state index contributed by atoms with van der Waals surface area (Å²) < 4.78 is 11.8. The second-order valence-corrected chi connectivity index (χ2v) is 8.10. The highest BCUT2D eigenvalue weighted by Crippen LogP contribution is 2.50. The minimum absolute atomic E-state index is 0.0360. The Kier molecular flexibility index (Phi) is 5.09. The van der Waals surface area contributed by atoms with Gasteiger partial charge in [-0.1, -0.05) is 0 Å². The molecular formula is C14H13N4O7PS. The number of hydrogen-bond donors (Lipinski definition) is 5. The van der Waals surface area contributed by atoms with Crippen molar-refractivity contribution in [3.8, 4) is 0 Å². The van der Waals surface area contributed by atoms with E-state index in [1.54, 1.807) is 16.8 Å². The normalized spacial score (nSPS) is 13.0. The Balaban J connectivity index is 2.06. The molecule has 2 heterocycles. The first kappa shape index (κ1) is 19.1. The van der Waals surface area contributed by atoms with Crippen molar-refractivity contribution in [2.75, 3.05) is 0 Å². The van der Waals surface area contributed by atoms with Crippen LogP contribution in [0.25, 0.3) is 11.0 Å². The molecule has 0 aliphatic carbocycles. The topological polar surface area (TPSA) is 178 Å². The fourth-order valence-corrected chi connectivity index (χ4v) is 4.26. The Morgan fingerprint density at radius 2 is 1.96 bits per heavy atom. The third kappa shape index (κ3) is 4.04. The van der Waals surface area contributed by atoms with Crippen LogP contribution in [0.2, 0.25) is 0 Å². The van der Waals surface area contributed by atoms with Crippen molar-refractivity contribution in [3.63, 3.8) is 0 Å². The molecule has 3 rings (SSSR count). The molecule has 1 unspecified atom stereocenters. The SMILES string of the molecule is O=c1[nH]c2cc([N+](=O)[O-])cc(CNC(c3ccsc3)P(=O)(O)O)c2[nH]c1=O. The number of nitro groups is 1. The minimum atomic E-state index is -4.58. The van der Waals surface area contributed by atoms with Gasteiger partial charge in [0.15, 0.2) is 0 Å². The Morgan fingerprint density at radius 1 is 1.26 bits per heavy atom. The summed E-state index contributed by atoms with van der Waals surface area (Å²) in [5, 5.41) is 17.0. The molecule has 5 N–H and O–H groups in total. The van der Waals surface area contributed by atoms with Crippen molar-refractivity contribution >= 4 is 35.7 Å². The summed E-state index contributed by atoms with van der Waals surface area (Å²) in [4.78, 5) is 57.4. The largest absolute Gasteiger partial charge is 0.346 e.